The molecule has 0 aliphatic carbocycles. The normalized spacial score (nSPS) is 10.7. The highest BCUT2D eigenvalue weighted by atomic mass is 79.9. The molecule has 0 amide bonds. The highest BCUT2D eigenvalue weighted by Gasteiger charge is 2.55. The third kappa shape index (κ3) is 4.38. The van der Waals surface area contributed by atoms with E-state index in [4.69, 9.17) is 4.74 Å². The van der Waals surface area contributed by atoms with Crippen molar-refractivity contribution < 1.29 is 26.5 Å². The molecular formula is C26H22BrO2P. The molecule has 0 saturated heterocycles. The molecule has 0 bridgehead atoms. The number of halogens is 1. The molecule has 0 radical (unpaired) electrons. The first-order chi connectivity index (χ1) is 14.3. The Kier molecular flexibility index (Phi) is 7.57. The Hall–Kier alpha value is -2.74. The van der Waals surface area contributed by atoms with E-state index in [0.717, 1.165) is 21.5 Å². The van der Waals surface area contributed by atoms with E-state index in [0.29, 0.717) is 0 Å². The Balaban J connectivity index is 0.00000256. The number of benzene rings is 4. The molecule has 0 atom stereocenters. The Labute approximate surface area is 188 Å². The fourth-order valence-electron chi connectivity index (χ4n) is 3.53. The van der Waals surface area contributed by atoms with Crippen molar-refractivity contribution in [3.05, 3.63) is 127 Å². The molecule has 0 heterocycles. The van der Waals surface area contributed by atoms with Crippen LogP contribution in [0.4, 0.5) is 4.79 Å². The van der Waals surface area contributed by atoms with Crippen molar-refractivity contribution in [1.29, 1.82) is 0 Å². The van der Waals surface area contributed by atoms with Crippen LogP contribution in [0.3, 0.4) is 0 Å². The third-order valence-corrected chi connectivity index (χ3v) is 8.80. The van der Waals surface area contributed by atoms with Gasteiger partial charge >= 0.3 is 5.71 Å². The second kappa shape index (κ2) is 10.3. The predicted molar refractivity (Wildman–Crippen MR) is 122 cm³/mol. The number of carbonyl (C=O) groups is 1. The first kappa shape index (κ1) is 22.0. The first-order valence-electron chi connectivity index (χ1n) is 9.59. The van der Waals surface area contributed by atoms with Crippen LogP contribution in [0.2, 0.25) is 0 Å². The van der Waals surface area contributed by atoms with Crippen molar-refractivity contribution in [2.75, 3.05) is 0 Å². The van der Waals surface area contributed by atoms with Crippen LogP contribution >= 0.6 is 7.26 Å². The van der Waals surface area contributed by atoms with Crippen molar-refractivity contribution in [2.45, 2.75) is 6.61 Å². The molecule has 0 aromatic heterocycles. The van der Waals surface area contributed by atoms with Crippen LogP contribution in [-0.2, 0) is 11.3 Å². The lowest BCUT2D eigenvalue weighted by Gasteiger charge is -2.24. The molecule has 2 nitrogen and oxygen atoms in total. The van der Waals surface area contributed by atoms with E-state index in [1.165, 1.54) is 0 Å². The number of rotatable bonds is 6. The summed E-state index contributed by atoms with van der Waals surface area (Å²) in [5, 5.41) is 2.99. The zero-order chi connectivity index (χ0) is 19.9. The lowest BCUT2D eigenvalue weighted by Crippen LogP contribution is -3.00. The van der Waals surface area contributed by atoms with Gasteiger partial charge < -0.3 is 21.7 Å². The van der Waals surface area contributed by atoms with Crippen LogP contribution in [-0.4, -0.2) is 5.71 Å². The molecule has 150 valence electrons. The average molecular weight is 477 g/mol. The summed E-state index contributed by atoms with van der Waals surface area (Å²) >= 11 is 0. The lowest BCUT2D eigenvalue weighted by atomic mass is 10.2. The molecule has 4 aromatic rings. The lowest BCUT2D eigenvalue weighted by molar-refractivity contribution is -0.0000101. The van der Waals surface area contributed by atoms with Crippen molar-refractivity contribution >= 4 is 28.9 Å². The second-order valence-corrected chi connectivity index (χ2v) is 9.97. The average Bonchev–Trinajstić information content (AvgIpc) is 2.81. The summed E-state index contributed by atoms with van der Waals surface area (Å²) < 4.78 is 5.97. The van der Waals surface area contributed by atoms with Crippen LogP contribution in [0.5, 0.6) is 0 Å². The van der Waals surface area contributed by atoms with Gasteiger partial charge in [-0.15, -0.1) is 0 Å². The van der Waals surface area contributed by atoms with E-state index in [1.807, 2.05) is 121 Å². The van der Waals surface area contributed by atoms with Crippen LogP contribution in [0, 0.1) is 0 Å². The minimum atomic E-state index is -2.64. The first-order valence-corrected chi connectivity index (χ1v) is 11.4. The van der Waals surface area contributed by atoms with Crippen molar-refractivity contribution in [3.8, 4) is 0 Å². The van der Waals surface area contributed by atoms with Gasteiger partial charge in [0.25, 0.3) is 0 Å². The van der Waals surface area contributed by atoms with Crippen molar-refractivity contribution in [3.63, 3.8) is 0 Å². The molecule has 0 aliphatic heterocycles. The molecule has 0 unspecified atom stereocenters. The number of hydrogen-bond acceptors (Lipinski definition) is 2. The molecule has 4 aromatic carbocycles. The Morgan fingerprint density at radius 2 is 0.900 bits per heavy atom. The molecule has 0 spiro atoms. The van der Waals surface area contributed by atoms with Gasteiger partial charge in [-0.05, 0) is 42.0 Å². The number of carbonyl (C=O) groups excluding carboxylic acids is 1. The van der Waals surface area contributed by atoms with Gasteiger partial charge in [0, 0.05) is 0 Å². The highest BCUT2D eigenvalue weighted by molar-refractivity contribution is 8.07. The van der Waals surface area contributed by atoms with Gasteiger partial charge in [-0.25, -0.2) is 4.79 Å². The molecule has 0 N–H and O–H groups in total. The summed E-state index contributed by atoms with van der Waals surface area (Å²) in [6, 6.07) is 39.9. The summed E-state index contributed by atoms with van der Waals surface area (Å²) in [5.41, 5.74) is 0.804. The maximum absolute atomic E-state index is 13.9. The van der Waals surface area contributed by atoms with E-state index >= 15 is 0 Å². The van der Waals surface area contributed by atoms with E-state index in [-0.39, 0.29) is 29.3 Å². The summed E-state index contributed by atoms with van der Waals surface area (Å²) in [5.74, 6) is 0. The minimum Gasteiger partial charge on any atom is -1.00 e. The topological polar surface area (TPSA) is 26.3 Å². The van der Waals surface area contributed by atoms with E-state index in [9.17, 15) is 4.79 Å². The minimum absolute atomic E-state index is 0. The summed E-state index contributed by atoms with van der Waals surface area (Å²) in [7, 11) is -2.64. The maximum atomic E-state index is 13.9. The van der Waals surface area contributed by atoms with Gasteiger partial charge in [0.1, 0.15) is 22.5 Å². The Morgan fingerprint density at radius 1 is 0.567 bits per heavy atom. The number of hydrogen-bond donors (Lipinski definition) is 0. The van der Waals surface area contributed by atoms with Gasteiger partial charge in [0.15, 0.2) is 0 Å². The quantitative estimate of drug-likeness (QED) is 0.399. The smallest absolute Gasteiger partial charge is 0.466 e. The van der Waals surface area contributed by atoms with Crippen LogP contribution in [0.15, 0.2) is 121 Å². The Morgan fingerprint density at radius 3 is 1.27 bits per heavy atom. The number of ether oxygens (including phenoxy) is 1. The van der Waals surface area contributed by atoms with Gasteiger partial charge in [-0.1, -0.05) is 84.9 Å². The standard InChI is InChI=1S/C26H22O2P.BrH/c27-26(28-21-22-13-5-1-6-14-22)29(23-15-7-2-8-16-23,24-17-9-3-10-18-24)25-19-11-4-12-20-25;/h1-20H,21H2;1H/q+1;/p-1. The fraction of sp³-hybridized carbons (Fsp3) is 0.0385. The summed E-state index contributed by atoms with van der Waals surface area (Å²) in [6.07, 6.45) is 0. The summed E-state index contributed by atoms with van der Waals surface area (Å²) in [6.45, 7) is 0.258. The van der Waals surface area contributed by atoms with Crippen LogP contribution < -0.4 is 32.9 Å². The Bertz CT molecular complexity index is 959. The SMILES string of the molecule is O=C(OCc1ccccc1)[P+](c1ccccc1)(c1ccccc1)c1ccccc1.[Br-]. The van der Waals surface area contributed by atoms with Gasteiger partial charge in [0.05, 0.1) is 0 Å². The zero-order valence-electron chi connectivity index (χ0n) is 16.4. The highest BCUT2D eigenvalue weighted by Crippen LogP contribution is 2.57. The fourth-order valence-corrected chi connectivity index (χ4v) is 7.18. The summed E-state index contributed by atoms with van der Waals surface area (Å²) in [4.78, 5) is 13.9. The molecule has 0 aliphatic rings. The van der Waals surface area contributed by atoms with Crippen LogP contribution in [0.1, 0.15) is 5.56 Å². The third-order valence-electron chi connectivity index (χ3n) is 4.91. The van der Waals surface area contributed by atoms with Gasteiger partial charge in [-0.3, -0.25) is 0 Å². The van der Waals surface area contributed by atoms with Crippen molar-refractivity contribution in [1.82, 2.24) is 0 Å². The largest absolute Gasteiger partial charge is 1.00 e. The van der Waals surface area contributed by atoms with E-state index < -0.39 is 7.26 Å². The molecule has 4 rings (SSSR count). The molecule has 30 heavy (non-hydrogen) atoms. The molecular weight excluding hydrogens is 455 g/mol. The maximum Gasteiger partial charge on any atom is 0.466 e. The predicted octanol–water partition coefficient (Wildman–Crippen LogP) is 2.32. The zero-order valence-corrected chi connectivity index (χ0v) is 18.9. The monoisotopic (exact) mass is 476 g/mol. The van der Waals surface area contributed by atoms with Crippen molar-refractivity contribution in [2.24, 2.45) is 0 Å². The molecule has 0 fully saturated rings. The molecule has 4 heteroatoms. The van der Waals surface area contributed by atoms with Gasteiger partial charge in [0.2, 0.25) is 7.26 Å². The van der Waals surface area contributed by atoms with E-state index in [1.54, 1.807) is 0 Å². The van der Waals surface area contributed by atoms with Gasteiger partial charge in [-0.2, -0.15) is 0 Å². The molecule has 0 saturated carbocycles. The van der Waals surface area contributed by atoms with Crippen LogP contribution in [0.25, 0.3) is 0 Å². The van der Waals surface area contributed by atoms with E-state index in [2.05, 4.69) is 0 Å². The second-order valence-electron chi connectivity index (χ2n) is 6.72.